The Kier molecular flexibility index (Phi) is 2.94. The fourth-order valence-electron chi connectivity index (χ4n) is 2.04. The number of aliphatic carboxylic acids is 1. The minimum atomic E-state index is -3.65. The van der Waals surface area contributed by atoms with Gasteiger partial charge in [0.05, 0.1) is 17.3 Å². The van der Waals surface area contributed by atoms with Crippen LogP contribution in [0.25, 0.3) is 0 Å². The van der Waals surface area contributed by atoms with Crippen molar-refractivity contribution in [3.8, 4) is 0 Å². The fraction of sp³-hybridized carbons (Fsp3) is 0.600. The summed E-state index contributed by atoms with van der Waals surface area (Å²) in [6.07, 6.45) is 1.57. The first-order chi connectivity index (χ1) is 8.27. The summed E-state index contributed by atoms with van der Waals surface area (Å²) in [5, 5.41) is 15.4. The molecule has 7 nitrogen and oxygen atoms in total. The van der Waals surface area contributed by atoms with Crippen molar-refractivity contribution >= 4 is 16.0 Å². The van der Waals surface area contributed by atoms with E-state index in [1.165, 1.54) is 10.5 Å². The number of aryl methyl sites for hydroxylation is 1. The highest BCUT2D eigenvalue weighted by Crippen LogP contribution is 2.33. The molecule has 1 fully saturated rings. The first-order valence-corrected chi connectivity index (χ1v) is 6.95. The van der Waals surface area contributed by atoms with E-state index in [9.17, 15) is 13.2 Å². The topological polar surface area (TPSA) is 103 Å². The zero-order valence-corrected chi connectivity index (χ0v) is 11.0. The summed E-state index contributed by atoms with van der Waals surface area (Å²) in [6, 6.07) is 0. The summed E-state index contributed by atoms with van der Waals surface area (Å²) >= 11 is 0. The summed E-state index contributed by atoms with van der Waals surface area (Å²) in [5.41, 5.74) is -0.552. The summed E-state index contributed by atoms with van der Waals surface area (Å²) < 4.78 is 25.8. The molecule has 1 atom stereocenters. The van der Waals surface area contributed by atoms with E-state index < -0.39 is 21.4 Å². The number of aromatic amines is 1. The average Bonchev–Trinajstić information content (AvgIpc) is 2.86. The van der Waals surface area contributed by atoms with Gasteiger partial charge in [-0.15, -0.1) is 0 Å². The lowest BCUT2D eigenvalue weighted by Crippen LogP contribution is -2.35. The maximum atomic E-state index is 12.3. The number of aromatic nitrogens is 2. The van der Waals surface area contributed by atoms with Gasteiger partial charge in [-0.2, -0.15) is 9.40 Å². The lowest BCUT2D eigenvalue weighted by Gasteiger charge is -2.19. The van der Waals surface area contributed by atoms with Crippen LogP contribution in [0.1, 0.15) is 19.0 Å². The second kappa shape index (κ2) is 4.06. The van der Waals surface area contributed by atoms with E-state index in [0.717, 1.165) is 0 Å². The van der Waals surface area contributed by atoms with Crippen LogP contribution in [-0.2, 0) is 14.8 Å². The lowest BCUT2D eigenvalue weighted by molar-refractivity contribution is -0.146. The molecule has 0 saturated carbocycles. The molecule has 0 radical (unpaired) electrons. The third-order valence-corrected chi connectivity index (χ3v) is 5.32. The van der Waals surface area contributed by atoms with E-state index in [4.69, 9.17) is 5.11 Å². The van der Waals surface area contributed by atoms with Crippen molar-refractivity contribution in [1.82, 2.24) is 14.5 Å². The van der Waals surface area contributed by atoms with Crippen LogP contribution in [0.5, 0.6) is 0 Å². The van der Waals surface area contributed by atoms with Gasteiger partial charge in [0.2, 0.25) is 10.0 Å². The SMILES string of the molecule is Cc1[nH]ncc1S(=O)(=O)N1CCC(C)(C(=O)O)C1. The molecule has 0 bridgehead atoms. The number of hydrogen-bond donors (Lipinski definition) is 2. The van der Waals surface area contributed by atoms with Crippen LogP contribution in [0.15, 0.2) is 11.1 Å². The minimum absolute atomic E-state index is 0.00468. The molecule has 1 unspecified atom stereocenters. The lowest BCUT2D eigenvalue weighted by atomic mass is 9.90. The number of nitrogens with zero attached hydrogens (tertiary/aromatic N) is 2. The van der Waals surface area contributed by atoms with Crippen LogP contribution in [0.3, 0.4) is 0 Å². The molecule has 0 spiro atoms. The van der Waals surface area contributed by atoms with Crippen molar-refractivity contribution in [3.05, 3.63) is 11.9 Å². The molecule has 1 saturated heterocycles. The Morgan fingerprint density at radius 3 is 2.72 bits per heavy atom. The average molecular weight is 273 g/mol. The van der Waals surface area contributed by atoms with Crippen molar-refractivity contribution in [2.75, 3.05) is 13.1 Å². The fourth-order valence-corrected chi connectivity index (χ4v) is 3.72. The van der Waals surface area contributed by atoms with E-state index >= 15 is 0 Å². The molecule has 2 rings (SSSR count). The Bertz CT molecular complexity index is 580. The molecule has 0 aromatic carbocycles. The molecule has 1 aliphatic heterocycles. The van der Waals surface area contributed by atoms with Gasteiger partial charge < -0.3 is 5.11 Å². The van der Waals surface area contributed by atoms with Gasteiger partial charge in [0.15, 0.2) is 0 Å². The quantitative estimate of drug-likeness (QED) is 0.819. The van der Waals surface area contributed by atoms with Crippen LogP contribution < -0.4 is 0 Å². The van der Waals surface area contributed by atoms with E-state index in [1.54, 1.807) is 13.8 Å². The Morgan fingerprint density at radius 2 is 2.28 bits per heavy atom. The molecular weight excluding hydrogens is 258 g/mol. The monoisotopic (exact) mass is 273 g/mol. The Labute approximate surface area is 105 Å². The maximum absolute atomic E-state index is 12.3. The molecule has 0 amide bonds. The van der Waals surface area contributed by atoms with Crippen LogP contribution in [0, 0.1) is 12.3 Å². The van der Waals surface area contributed by atoms with Gasteiger partial charge >= 0.3 is 5.97 Å². The van der Waals surface area contributed by atoms with Crippen molar-refractivity contribution in [1.29, 1.82) is 0 Å². The predicted molar refractivity (Wildman–Crippen MR) is 62.4 cm³/mol. The zero-order valence-electron chi connectivity index (χ0n) is 10.2. The molecule has 8 heteroatoms. The molecular formula is C10H15N3O4S. The standard InChI is InChI=1S/C10H15N3O4S/c1-7-8(5-11-12-7)18(16,17)13-4-3-10(2,6-13)9(14)15/h5H,3-4,6H2,1-2H3,(H,11,12)(H,14,15). The second-order valence-corrected chi connectivity index (χ2v) is 6.72. The first kappa shape index (κ1) is 13.0. The third-order valence-electron chi connectivity index (χ3n) is 3.36. The number of carbonyl (C=O) groups is 1. The second-order valence-electron chi connectivity index (χ2n) is 4.81. The molecule has 2 heterocycles. The van der Waals surface area contributed by atoms with Gasteiger partial charge in [0, 0.05) is 13.1 Å². The van der Waals surface area contributed by atoms with Crippen molar-refractivity contribution in [3.63, 3.8) is 0 Å². The van der Waals surface area contributed by atoms with E-state index in [-0.39, 0.29) is 18.0 Å². The van der Waals surface area contributed by atoms with Crippen LogP contribution >= 0.6 is 0 Å². The Balaban J connectivity index is 2.30. The smallest absolute Gasteiger partial charge is 0.310 e. The number of carboxylic acids is 1. The number of carboxylic acid groups (broad SMARTS) is 1. The van der Waals surface area contributed by atoms with Gasteiger partial charge in [0.25, 0.3) is 0 Å². The molecule has 100 valence electrons. The number of sulfonamides is 1. The van der Waals surface area contributed by atoms with E-state index in [0.29, 0.717) is 12.1 Å². The third kappa shape index (κ3) is 1.91. The maximum Gasteiger partial charge on any atom is 0.310 e. The van der Waals surface area contributed by atoms with Gasteiger partial charge in [-0.3, -0.25) is 9.89 Å². The normalized spacial score (nSPS) is 25.4. The summed E-state index contributed by atoms with van der Waals surface area (Å²) in [5.74, 6) is -0.968. The summed E-state index contributed by atoms with van der Waals surface area (Å²) in [4.78, 5) is 11.2. The van der Waals surface area contributed by atoms with Crippen LogP contribution in [-0.4, -0.2) is 47.1 Å². The van der Waals surface area contributed by atoms with Crippen LogP contribution in [0.2, 0.25) is 0 Å². The highest BCUT2D eigenvalue weighted by Gasteiger charge is 2.45. The number of H-pyrrole nitrogens is 1. The van der Waals surface area contributed by atoms with Crippen LogP contribution in [0.4, 0.5) is 0 Å². The zero-order chi connectivity index (χ0) is 13.6. The highest BCUT2D eigenvalue weighted by atomic mass is 32.2. The Morgan fingerprint density at radius 1 is 1.61 bits per heavy atom. The molecule has 1 aromatic rings. The summed E-state index contributed by atoms with van der Waals surface area (Å²) in [6.45, 7) is 3.39. The molecule has 1 aromatic heterocycles. The van der Waals surface area contributed by atoms with Crippen molar-refractivity contribution < 1.29 is 18.3 Å². The van der Waals surface area contributed by atoms with Crippen molar-refractivity contribution in [2.45, 2.75) is 25.2 Å². The molecule has 2 N–H and O–H groups in total. The largest absolute Gasteiger partial charge is 0.481 e. The first-order valence-electron chi connectivity index (χ1n) is 5.51. The highest BCUT2D eigenvalue weighted by molar-refractivity contribution is 7.89. The van der Waals surface area contributed by atoms with E-state index in [2.05, 4.69) is 10.2 Å². The summed E-state index contributed by atoms with van der Waals surface area (Å²) in [7, 11) is -3.65. The molecule has 18 heavy (non-hydrogen) atoms. The number of nitrogens with one attached hydrogen (secondary N) is 1. The minimum Gasteiger partial charge on any atom is -0.481 e. The molecule has 1 aliphatic rings. The van der Waals surface area contributed by atoms with Gasteiger partial charge in [-0.05, 0) is 20.3 Å². The molecule has 0 aliphatic carbocycles. The predicted octanol–water partition coefficient (Wildman–Crippen LogP) is 0.203. The Hall–Kier alpha value is -1.41. The number of hydrogen-bond acceptors (Lipinski definition) is 4. The van der Waals surface area contributed by atoms with Gasteiger partial charge in [-0.1, -0.05) is 0 Å². The van der Waals surface area contributed by atoms with Crippen molar-refractivity contribution in [2.24, 2.45) is 5.41 Å². The number of rotatable bonds is 3. The van der Waals surface area contributed by atoms with E-state index in [1.807, 2.05) is 0 Å². The van der Waals surface area contributed by atoms with Gasteiger partial charge in [0.1, 0.15) is 4.90 Å². The van der Waals surface area contributed by atoms with Gasteiger partial charge in [-0.25, -0.2) is 8.42 Å².